The molecule has 1 aromatic heterocycles. The Morgan fingerprint density at radius 2 is 2.12 bits per heavy atom. The molecular formula is C20H29N3O. The van der Waals surface area contributed by atoms with Gasteiger partial charge in [0.1, 0.15) is 0 Å². The van der Waals surface area contributed by atoms with Gasteiger partial charge in [-0.3, -0.25) is 9.78 Å². The highest BCUT2D eigenvalue weighted by Crippen LogP contribution is 2.61. The van der Waals surface area contributed by atoms with Gasteiger partial charge in [-0.05, 0) is 48.3 Å². The van der Waals surface area contributed by atoms with E-state index >= 15 is 0 Å². The molecule has 4 heteroatoms. The summed E-state index contributed by atoms with van der Waals surface area (Å²) in [6, 6.07) is 0. The van der Waals surface area contributed by atoms with Crippen molar-refractivity contribution < 1.29 is 4.79 Å². The maximum absolute atomic E-state index is 12.6. The smallest absolute Gasteiger partial charge is 0.226 e. The van der Waals surface area contributed by atoms with Crippen molar-refractivity contribution in [2.75, 3.05) is 5.32 Å². The van der Waals surface area contributed by atoms with Crippen molar-refractivity contribution in [2.45, 2.75) is 59.3 Å². The predicted octanol–water partition coefficient (Wildman–Crippen LogP) is 4.60. The summed E-state index contributed by atoms with van der Waals surface area (Å²) in [5, 5.41) is 2.89. The molecule has 4 nitrogen and oxygen atoms in total. The zero-order chi connectivity index (χ0) is 17.4. The summed E-state index contributed by atoms with van der Waals surface area (Å²) in [6.45, 7) is 11.5. The third kappa shape index (κ3) is 3.11. The minimum Gasteiger partial charge on any atom is -0.309 e. The summed E-state index contributed by atoms with van der Waals surface area (Å²) < 4.78 is 0. The maximum atomic E-state index is 12.6. The van der Waals surface area contributed by atoms with Crippen LogP contribution in [0.4, 0.5) is 5.82 Å². The Labute approximate surface area is 145 Å². The van der Waals surface area contributed by atoms with Gasteiger partial charge in [-0.1, -0.05) is 39.3 Å². The standard InChI is InChI=1S/C20H29N3O/c1-14-6-7-16-19(2,3)8-5-9-20(16,4)15(14)12-18(24)23-17-13-21-10-11-22-17/h10-11,13,15-16H,1,5-9,12H2,2-4H3,(H,22,23,24)/t15-,16-,20+/m0/s1. The number of amides is 1. The number of carbonyl (C=O) groups excluding carboxylic acids is 1. The lowest BCUT2D eigenvalue weighted by Crippen LogP contribution is -2.50. The van der Waals surface area contributed by atoms with Gasteiger partial charge in [0.2, 0.25) is 5.91 Å². The van der Waals surface area contributed by atoms with Crippen molar-refractivity contribution in [3.05, 3.63) is 30.7 Å². The number of carbonyl (C=O) groups is 1. The van der Waals surface area contributed by atoms with Crippen LogP contribution in [0.3, 0.4) is 0 Å². The minimum atomic E-state index is 0.0203. The van der Waals surface area contributed by atoms with Crippen molar-refractivity contribution in [3.8, 4) is 0 Å². The normalized spacial score (nSPS) is 32.0. The minimum absolute atomic E-state index is 0.0203. The van der Waals surface area contributed by atoms with E-state index in [1.54, 1.807) is 18.6 Å². The van der Waals surface area contributed by atoms with Gasteiger partial charge in [0.05, 0.1) is 6.20 Å². The Morgan fingerprint density at radius 1 is 1.33 bits per heavy atom. The van der Waals surface area contributed by atoms with Gasteiger partial charge in [0, 0.05) is 18.8 Å². The van der Waals surface area contributed by atoms with Crippen molar-refractivity contribution >= 4 is 11.7 Å². The Hall–Kier alpha value is -1.71. The Bertz CT molecular complexity index is 625. The van der Waals surface area contributed by atoms with Crippen LogP contribution in [0.1, 0.15) is 59.3 Å². The summed E-state index contributed by atoms with van der Waals surface area (Å²) in [5.74, 6) is 1.47. The molecule has 1 N–H and O–H groups in total. The Kier molecular flexibility index (Phi) is 4.50. The molecular weight excluding hydrogens is 298 g/mol. The molecule has 0 spiro atoms. The highest BCUT2D eigenvalue weighted by Gasteiger charge is 2.53. The first-order valence-electron chi connectivity index (χ1n) is 9.06. The fourth-order valence-corrected chi connectivity index (χ4v) is 5.39. The second-order valence-corrected chi connectivity index (χ2v) is 8.49. The lowest BCUT2D eigenvalue weighted by molar-refractivity contribution is -0.120. The van der Waals surface area contributed by atoms with Crippen LogP contribution >= 0.6 is 0 Å². The first-order valence-corrected chi connectivity index (χ1v) is 9.06. The number of anilines is 1. The topological polar surface area (TPSA) is 54.9 Å². The van der Waals surface area contributed by atoms with E-state index in [-0.39, 0.29) is 17.2 Å². The monoisotopic (exact) mass is 327 g/mol. The van der Waals surface area contributed by atoms with E-state index in [2.05, 4.69) is 42.6 Å². The fraction of sp³-hybridized carbons (Fsp3) is 0.650. The van der Waals surface area contributed by atoms with E-state index in [9.17, 15) is 4.79 Å². The number of allylic oxidation sites excluding steroid dienone is 1. The summed E-state index contributed by atoms with van der Waals surface area (Å²) in [5.41, 5.74) is 1.78. The number of nitrogens with zero attached hydrogens (tertiary/aromatic N) is 2. The third-order valence-corrected chi connectivity index (χ3v) is 6.54. The van der Waals surface area contributed by atoms with Crippen LogP contribution in [0.5, 0.6) is 0 Å². The summed E-state index contributed by atoms with van der Waals surface area (Å²) in [6.07, 6.45) is 11.3. The molecule has 0 aromatic carbocycles. The van der Waals surface area contributed by atoms with Crippen LogP contribution in [-0.2, 0) is 4.79 Å². The molecule has 2 saturated carbocycles. The van der Waals surface area contributed by atoms with Gasteiger partial charge in [-0.15, -0.1) is 0 Å². The van der Waals surface area contributed by atoms with E-state index in [1.807, 2.05) is 0 Å². The van der Waals surface area contributed by atoms with E-state index in [4.69, 9.17) is 0 Å². The highest BCUT2D eigenvalue weighted by molar-refractivity contribution is 5.90. The van der Waals surface area contributed by atoms with Crippen LogP contribution in [0.25, 0.3) is 0 Å². The molecule has 1 aromatic rings. The lowest BCUT2D eigenvalue weighted by atomic mass is 9.47. The average molecular weight is 327 g/mol. The number of aromatic nitrogens is 2. The molecule has 1 heterocycles. The molecule has 130 valence electrons. The van der Waals surface area contributed by atoms with Gasteiger partial charge in [-0.2, -0.15) is 0 Å². The first-order chi connectivity index (χ1) is 11.3. The van der Waals surface area contributed by atoms with Crippen LogP contribution in [-0.4, -0.2) is 15.9 Å². The summed E-state index contributed by atoms with van der Waals surface area (Å²) in [7, 11) is 0. The third-order valence-electron chi connectivity index (χ3n) is 6.54. The Morgan fingerprint density at radius 3 is 2.83 bits per heavy atom. The number of nitrogens with one attached hydrogen (secondary N) is 1. The van der Waals surface area contributed by atoms with Gasteiger partial charge < -0.3 is 5.32 Å². The van der Waals surface area contributed by atoms with Crippen molar-refractivity contribution in [1.82, 2.24) is 9.97 Å². The van der Waals surface area contributed by atoms with Crippen molar-refractivity contribution in [2.24, 2.45) is 22.7 Å². The van der Waals surface area contributed by atoms with E-state index in [0.717, 1.165) is 6.42 Å². The quantitative estimate of drug-likeness (QED) is 0.825. The largest absolute Gasteiger partial charge is 0.309 e. The Balaban J connectivity index is 1.77. The van der Waals surface area contributed by atoms with Crippen molar-refractivity contribution in [1.29, 1.82) is 0 Å². The summed E-state index contributed by atoms with van der Waals surface area (Å²) >= 11 is 0. The average Bonchev–Trinajstić information content (AvgIpc) is 2.51. The van der Waals surface area contributed by atoms with Crippen LogP contribution < -0.4 is 5.32 Å². The zero-order valence-electron chi connectivity index (χ0n) is 15.1. The van der Waals surface area contributed by atoms with Gasteiger partial charge in [-0.25, -0.2) is 4.98 Å². The molecule has 1 amide bonds. The molecule has 24 heavy (non-hydrogen) atoms. The number of hydrogen-bond donors (Lipinski definition) is 1. The molecule has 2 fully saturated rings. The lowest BCUT2D eigenvalue weighted by Gasteiger charge is -2.57. The van der Waals surface area contributed by atoms with Crippen molar-refractivity contribution in [3.63, 3.8) is 0 Å². The second kappa shape index (κ2) is 6.30. The van der Waals surface area contributed by atoms with E-state index in [1.165, 1.54) is 31.3 Å². The number of fused-ring (bicyclic) bond motifs is 1. The maximum Gasteiger partial charge on any atom is 0.226 e. The molecule has 3 rings (SSSR count). The van der Waals surface area contributed by atoms with Crippen LogP contribution in [0.2, 0.25) is 0 Å². The highest BCUT2D eigenvalue weighted by atomic mass is 16.1. The second-order valence-electron chi connectivity index (χ2n) is 8.49. The number of rotatable bonds is 3. The molecule has 0 aliphatic heterocycles. The molecule has 0 saturated heterocycles. The zero-order valence-corrected chi connectivity index (χ0v) is 15.1. The molecule has 0 unspecified atom stereocenters. The van der Waals surface area contributed by atoms with Crippen LogP contribution in [0, 0.1) is 22.7 Å². The first kappa shape index (κ1) is 17.1. The molecule has 0 radical (unpaired) electrons. The molecule has 2 aliphatic carbocycles. The summed E-state index contributed by atoms with van der Waals surface area (Å²) in [4.78, 5) is 20.7. The molecule has 0 bridgehead atoms. The SMILES string of the molecule is C=C1CC[C@H]2C(C)(C)CCC[C@]2(C)[C@H]1CC(=O)Nc1cnccn1. The number of hydrogen-bond acceptors (Lipinski definition) is 3. The van der Waals surface area contributed by atoms with Crippen LogP contribution in [0.15, 0.2) is 30.7 Å². The van der Waals surface area contributed by atoms with E-state index in [0.29, 0.717) is 23.6 Å². The fourth-order valence-electron chi connectivity index (χ4n) is 5.39. The van der Waals surface area contributed by atoms with E-state index < -0.39 is 0 Å². The predicted molar refractivity (Wildman–Crippen MR) is 96.4 cm³/mol. The van der Waals surface area contributed by atoms with Gasteiger partial charge in [0.25, 0.3) is 0 Å². The molecule has 2 aliphatic rings. The van der Waals surface area contributed by atoms with Gasteiger partial charge in [0.15, 0.2) is 5.82 Å². The molecule has 3 atom stereocenters. The van der Waals surface area contributed by atoms with Gasteiger partial charge >= 0.3 is 0 Å².